The Kier molecular flexibility index (Phi) is 6.71. The molecule has 0 heterocycles. The van der Waals surface area contributed by atoms with E-state index in [0.717, 1.165) is 5.56 Å². The first-order valence-electron chi connectivity index (χ1n) is 6.54. The van der Waals surface area contributed by atoms with Crippen molar-refractivity contribution in [3.63, 3.8) is 0 Å². The van der Waals surface area contributed by atoms with Crippen molar-refractivity contribution < 1.29 is 19.4 Å². The van der Waals surface area contributed by atoms with E-state index in [2.05, 4.69) is 11.4 Å². The van der Waals surface area contributed by atoms with Crippen molar-refractivity contribution in [2.24, 2.45) is 0 Å². The quantitative estimate of drug-likeness (QED) is 0.766. The van der Waals surface area contributed by atoms with Crippen molar-refractivity contribution in [3.8, 4) is 0 Å². The average molecular weight is 311 g/mol. The molecule has 5 nitrogen and oxygen atoms in total. The summed E-state index contributed by atoms with van der Waals surface area (Å²) in [5, 5.41) is 11.7. The molecule has 0 saturated carbocycles. The van der Waals surface area contributed by atoms with E-state index in [4.69, 9.17) is 9.84 Å². The Morgan fingerprint density at radius 1 is 1.43 bits per heavy atom. The van der Waals surface area contributed by atoms with Gasteiger partial charge in [0.15, 0.2) is 5.54 Å². The fraction of sp³-hybridized carbons (Fsp3) is 0.467. The number of carboxylic acids is 1. The molecule has 2 N–H and O–H groups in total. The summed E-state index contributed by atoms with van der Waals surface area (Å²) in [4.78, 5) is 23.0. The van der Waals surface area contributed by atoms with Gasteiger partial charge in [0.1, 0.15) is 0 Å². The summed E-state index contributed by atoms with van der Waals surface area (Å²) in [5.41, 5.74) is 0.928. The first-order chi connectivity index (χ1) is 9.87. The van der Waals surface area contributed by atoms with E-state index in [1.165, 1.54) is 31.4 Å². The summed E-state index contributed by atoms with van der Waals surface area (Å²) in [7, 11) is 1.40. The third kappa shape index (κ3) is 5.77. The minimum absolute atomic E-state index is 0.0728. The van der Waals surface area contributed by atoms with Crippen LogP contribution >= 0.6 is 11.8 Å². The molecule has 1 aromatic carbocycles. The number of carbonyl (C=O) groups is 2. The maximum Gasteiger partial charge on any atom is 0.331 e. The standard InChI is InChI=1S/C15H21NO4S/c1-11-5-4-6-12(7-11)8-21-9-13(17)16-15(2,10-20-3)14(18)19/h4-7H,8-10H2,1-3H3,(H,16,17)(H,18,19). The monoisotopic (exact) mass is 311 g/mol. The van der Waals surface area contributed by atoms with Gasteiger partial charge in [0, 0.05) is 12.9 Å². The van der Waals surface area contributed by atoms with Crippen molar-refractivity contribution in [1.29, 1.82) is 0 Å². The van der Waals surface area contributed by atoms with Gasteiger partial charge in [-0.3, -0.25) is 4.79 Å². The minimum Gasteiger partial charge on any atom is -0.479 e. The molecule has 0 fully saturated rings. The van der Waals surface area contributed by atoms with Crippen LogP contribution in [-0.2, 0) is 20.1 Å². The molecule has 1 amide bonds. The van der Waals surface area contributed by atoms with Crippen molar-refractivity contribution in [3.05, 3.63) is 35.4 Å². The number of benzene rings is 1. The second-order valence-corrected chi connectivity index (χ2v) is 6.09. The number of amides is 1. The molecule has 0 radical (unpaired) electrons. The number of methoxy groups -OCH3 is 1. The lowest BCUT2D eigenvalue weighted by molar-refractivity contribution is -0.148. The number of thioether (sulfide) groups is 1. The molecule has 0 saturated heterocycles. The van der Waals surface area contributed by atoms with Gasteiger partial charge in [-0.05, 0) is 19.4 Å². The lowest BCUT2D eigenvalue weighted by Crippen LogP contribution is -2.55. The first kappa shape index (κ1) is 17.5. The van der Waals surface area contributed by atoms with Crippen LogP contribution in [0.5, 0.6) is 0 Å². The summed E-state index contributed by atoms with van der Waals surface area (Å²) in [6.07, 6.45) is 0. The summed E-state index contributed by atoms with van der Waals surface area (Å²) in [6.45, 7) is 3.38. The van der Waals surface area contributed by atoms with Crippen LogP contribution in [0.4, 0.5) is 0 Å². The van der Waals surface area contributed by atoms with Crippen LogP contribution in [0.1, 0.15) is 18.1 Å². The fourth-order valence-electron chi connectivity index (χ4n) is 1.85. The van der Waals surface area contributed by atoms with Crippen molar-refractivity contribution >= 4 is 23.6 Å². The molecular weight excluding hydrogens is 290 g/mol. The molecule has 0 aliphatic carbocycles. The third-order valence-corrected chi connectivity index (χ3v) is 3.91. The highest BCUT2D eigenvalue weighted by Crippen LogP contribution is 2.14. The molecule has 116 valence electrons. The Bertz CT molecular complexity index is 506. The lowest BCUT2D eigenvalue weighted by atomic mass is 10.0. The molecule has 0 bridgehead atoms. The van der Waals surface area contributed by atoms with Gasteiger partial charge in [-0.15, -0.1) is 11.8 Å². The molecule has 0 aliphatic rings. The SMILES string of the molecule is COCC(C)(NC(=O)CSCc1cccc(C)c1)C(=O)O. The van der Waals surface area contributed by atoms with E-state index < -0.39 is 11.5 Å². The summed E-state index contributed by atoms with van der Waals surface area (Å²) in [6, 6.07) is 8.07. The van der Waals surface area contributed by atoms with Crippen LogP contribution in [0.25, 0.3) is 0 Å². The Hall–Kier alpha value is -1.53. The molecule has 0 spiro atoms. The van der Waals surface area contributed by atoms with Gasteiger partial charge in [0.05, 0.1) is 12.4 Å². The van der Waals surface area contributed by atoms with Gasteiger partial charge in [-0.2, -0.15) is 0 Å². The highest BCUT2D eigenvalue weighted by Gasteiger charge is 2.34. The van der Waals surface area contributed by atoms with Crippen molar-refractivity contribution in [1.82, 2.24) is 5.32 Å². The molecule has 1 atom stereocenters. The van der Waals surface area contributed by atoms with Gasteiger partial charge in [-0.1, -0.05) is 29.8 Å². The minimum atomic E-state index is -1.39. The van der Waals surface area contributed by atoms with Crippen LogP contribution in [0, 0.1) is 6.92 Å². The van der Waals surface area contributed by atoms with Gasteiger partial charge >= 0.3 is 5.97 Å². The highest BCUT2D eigenvalue weighted by molar-refractivity contribution is 7.99. The normalized spacial score (nSPS) is 13.5. The van der Waals surface area contributed by atoms with Crippen LogP contribution in [0.3, 0.4) is 0 Å². The number of carbonyl (C=O) groups excluding carboxylic acids is 1. The number of ether oxygens (including phenoxy) is 1. The fourth-order valence-corrected chi connectivity index (χ4v) is 2.62. The Morgan fingerprint density at radius 3 is 2.71 bits per heavy atom. The smallest absolute Gasteiger partial charge is 0.331 e. The number of hydrogen-bond donors (Lipinski definition) is 2. The zero-order valence-electron chi connectivity index (χ0n) is 12.5. The Morgan fingerprint density at radius 2 is 2.14 bits per heavy atom. The topological polar surface area (TPSA) is 75.6 Å². The molecule has 0 aliphatic heterocycles. The van der Waals surface area contributed by atoms with E-state index in [1.807, 2.05) is 25.1 Å². The zero-order chi connectivity index (χ0) is 15.9. The molecule has 21 heavy (non-hydrogen) atoms. The van der Waals surface area contributed by atoms with Crippen LogP contribution in [0.2, 0.25) is 0 Å². The largest absolute Gasteiger partial charge is 0.479 e. The second-order valence-electron chi connectivity index (χ2n) is 5.10. The summed E-state index contributed by atoms with van der Waals surface area (Å²) < 4.78 is 4.85. The number of aryl methyl sites for hydroxylation is 1. The number of carboxylic acid groups (broad SMARTS) is 1. The van der Waals surface area contributed by atoms with Crippen LogP contribution in [0.15, 0.2) is 24.3 Å². The first-order valence-corrected chi connectivity index (χ1v) is 7.69. The van der Waals surface area contributed by atoms with Crippen molar-refractivity contribution in [2.75, 3.05) is 19.5 Å². The van der Waals surface area contributed by atoms with E-state index in [0.29, 0.717) is 5.75 Å². The highest BCUT2D eigenvalue weighted by atomic mass is 32.2. The maximum absolute atomic E-state index is 11.8. The van der Waals surface area contributed by atoms with Crippen LogP contribution < -0.4 is 5.32 Å². The van der Waals surface area contributed by atoms with Gasteiger partial charge in [0.2, 0.25) is 5.91 Å². The number of aliphatic carboxylic acids is 1. The Labute approximate surface area is 129 Å². The van der Waals surface area contributed by atoms with E-state index in [-0.39, 0.29) is 18.3 Å². The second kappa shape index (κ2) is 8.05. The third-order valence-electron chi connectivity index (χ3n) is 2.90. The molecule has 6 heteroatoms. The summed E-state index contributed by atoms with van der Waals surface area (Å²) in [5.74, 6) is -0.500. The van der Waals surface area contributed by atoms with E-state index in [9.17, 15) is 9.59 Å². The van der Waals surface area contributed by atoms with Crippen LogP contribution in [-0.4, -0.2) is 42.0 Å². The zero-order valence-corrected chi connectivity index (χ0v) is 13.3. The van der Waals surface area contributed by atoms with Crippen molar-refractivity contribution in [2.45, 2.75) is 25.1 Å². The molecule has 1 aromatic rings. The predicted molar refractivity (Wildman–Crippen MR) is 83.4 cm³/mol. The number of hydrogen-bond acceptors (Lipinski definition) is 4. The van der Waals surface area contributed by atoms with E-state index in [1.54, 1.807) is 0 Å². The predicted octanol–water partition coefficient (Wildman–Crippen LogP) is 1.83. The summed E-state index contributed by atoms with van der Waals surface area (Å²) >= 11 is 1.45. The Balaban J connectivity index is 2.45. The molecular formula is C15H21NO4S. The van der Waals surface area contributed by atoms with Gasteiger partial charge < -0.3 is 15.2 Å². The molecule has 1 rings (SSSR count). The number of nitrogens with one attached hydrogen (secondary N) is 1. The number of rotatable bonds is 8. The van der Waals surface area contributed by atoms with Gasteiger partial charge in [-0.25, -0.2) is 4.79 Å². The average Bonchev–Trinajstić information content (AvgIpc) is 2.38. The molecule has 0 aromatic heterocycles. The molecule has 1 unspecified atom stereocenters. The van der Waals surface area contributed by atoms with Gasteiger partial charge in [0.25, 0.3) is 0 Å². The maximum atomic E-state index is 11.8. The lowest BCUT2D eigenvalue weighted by Gasteiger charge is -2.25. The van der Waals surface area contributed by atoms with E-state index >= 15 is 0 Å².